The Morgan fingerprint density at radius 3 is 2.00 bits per heavy atom. The highest BCUT2D eigenvalue weighted by atomic mass is 127. The summed E-state index contributed by atoms with van der Waals surface area (Å²) in [6, 6.07) is 15.8. The van der Waals surface area contributed by atoms with Gasteiger partial charge in [0.2, 0.25) is 0 Å². The number of carbonyl (C=O) groups excluding carboxylic acids is 2. The molecule has 28 heavy (non-hydrogen) atoms. The molecule has 0 saturated heterocycles. The molecule has 6 heteroatoms. The van der Waals surface area contributed by atoms with E-state index in [9.17, 15) is 14.7 Å². The molecular weight excluding hydrogens is 467 g/mol. The van der Waals surface area contributed by atoms with Gasteiger partial charge in [0.1, 0.15) is 12.3 Å². The highest BCUT2D eigenvalue weighted by Gasteiger charge is 2.34. The Bertz CT molecular complexity index is 1050. The fourth-order valence-corrected chi connectivity index (χ4v) is 3.61. The number of aromatic hydroxyl groups is 1. The number of carbonyl (C=O) groups is 2. The molecule has 0 unspecified atom stereocenters. The number of amides is 2. The maximum Gasteiger partial charge on any atom is 0.265 e. The second kappa shape index (κ2) is 7.18. The fraction of sp³-hybridized carbons (Fsp3) is 0.182. The maximum atomic E-state index is 13.1. The van der Waals surface area contributed by atoms with Crippen LogP contribution in [0.2, 0.25) is 0 Å². The Morgan fingerprint density at radius 2 is 1.46 bits per heavy atom. The van der Waals surface area contributed by atoms with E-state index in [0.29, 0.717) is 38.8 Å². The number of benzene rings is 3. The minimum absolute atomic E-state index is 0. The number of imide groups is 1. The lowest BCUT2D eigenvalue weighted by molar-refractivity contribution is -0.884. The summed E-state index contributed by atoms with van der Waals surface area (Å²) >= 11 is 0. The Hall–Kier alpha value is -2.45. The number of quaternary nitrogens is 1. The van der Waals surface area contributed by atoms with Crippen molar-refractivity contribution in [1.29, 1.82) is 0 Å². The number of phenolic OH excluding ortho intramolecular Hbond substituents is 1. The van der Waals surface area contributed by atoms with Crippen molar-refractivity contribution in [2.45, 2.75) is 6.54 Å². The van der Waals surface area contributed by atoms with Gasteiger partial charge >= 0.3 is 0 Å². The van der Waals surface area contributed by atoms with Crippen LogP contribution in [0.25, 0.3) is 10.8 Å². The van der Waals surface area contributed by atoms with Crippen molar-refractivity contribution < 1.29 is 43.2 Å². The van der Waals surface area contributed by atoms with E-state index in [1.165, 1.54) is 4.90 Å². The Balaban J connectivity index is 0.00000225. The Labute approximate surface area is 180 Å². The highest BCUT2D eigenvalue weighted by molar-refractivity contribution is 6.35. The van der Waals surface area contributed by atoms with Gasteiger partial charge in [-0.05, 0) is 35.7 Å². The lowest BCUT2D eigenvalue weighted by Crippen LogP contribution is -3.00. The van der Waals surface area contributed by atoms with Crippen LogP contribution in [0, 0.1) is 0 Å². The lowest BCUT2D eigenvalue weighted by atomic mass is 9.93. The molecule has 1 aliphatic rings. The fourth-order valence-electron chi connectivity index (χ4n) is 3.61. The molecule has 1 N–H and O–H groups in total. The van der Waals surface area contributed by atoms with Gasteiger partial charge in [0, 0.05) is 16.5 Å². The van der Waals surface area contributed by atoms with Crippen LogP contribution in [0.1, 0.15) is 26.3 Å². The normalized spacial score (nSPS) is 13.6. The minimum atomic E-state index is -0.341. The average molecular weight is 488 g/mol. The second-order valence-corrected chi connectivity index (χ2v) is 7.92. The van der Waals surface area contributed by atoms with Crippen LogP contribution in [0.3, 0.4) is 0 Å². The van der Waals surface area contributed by atoms with E-state index >= 15 is 0 Å². The Morgan fingerprint density at radius 1 is 0.893 bits per heavy atom. The van der Waals surface area contributed by atoms with Gasteiger partial charge in [-0.25, -0.2) is 4.90 Å². The summed E-state index contributed by atoms with van der Waals surface area (Å²) in [7, 11) is 6.04. The van der Waals surface area contributed by atoms with Crippen LogP contribution in [0.15, 0.2) is 54.6 Å². The van der Waals surface area contributed by atoms with Crippen molar-refractivity contribution in [3.05, 3.63) is 71.3 Å². The summed E-state index contributed by atoms with van der Waals surface area (Å²) in [5.41, 5.74) is 2.20. The number of hydrogen-bond donors (Lipinski definition) is 1. The zero-order valence-corrected chi connectivity index (χ0v) is 18.1. The smallest absolute Gasteiger partial charge is 0.265 e. The quantitative estimate of drug-likeness (QED) is 0.333. The third-order valence-electron chi connectivity index (χ3n) is 4.74. The number of rotatable bonds is 3. The van der Waals surface area contributed by atoms with Crippen molar-refractivity contribution in [3.63, 3.8) is 0 Å². The molecule has 0 bridgehead atoms. The molecule has 0 aromatic heterocycles. The van der Waals surface area contributed by atoms with Gasteiger partial charge in [0.25, 0.3) is 11.8 Å². The number of hydrogen-bond acceptors (Lipinski definition) is 3. The summed E-state index contributed by atoms with van der Waals surface area (Å²) in [6.07, 6.45) is 0. The standard InChI is InChI=1S/C22H20N2O3.HI/c1-24(2,3)13-15-12-16(10-11-19(15)25)23-21(26)17-8-4-6-14-7-5-9-18(20(14)17)22(23)27;/h4-12H,13H2,1-3H3;1H. The molecule has 0 spiro atoms. The first kappa shape index (κ1) is 20.3. The van der Waals surface area contributed by atoms with Crippen molar-refractivity contribution in [3.8, 4) is 5.75 Å². The van der Waals surface area contributed by atoms with Gasteiger partial charge in [-0.3, -0.25) is 9.59 Å². The summed E-state index contributed by atoms with van der Waals surface area (Å²) in [5, 5.41) is 11.8. The summed E-state index contributed by atoms with van der Waals surface area (Å²) < 4.78 is 0.612. The third kappa shape index (κ3) is 3.38. The molecule has 1 heterocycles. The predicted octanol–water partition coefficient (Wildman–Crippen LogP) is 0.556. The van der Waals surface area contributed by atoms with Crippen molar-refractivity contribution in [2.24, 2.45) is 0 Å². The van der Waals surface area contributed by atoms with E-state index in [2.05, 4.69) is 0 Å². The molecule has 0 fully saturated rings. The van der Waals surface area contributed by atoms with E-state index in [-0.39, 0.29) is 41.5 Å². The third-order valence-corrected chi connectivity index (χ3v) is 4.74. The maximum absolute atomic E-state index is 13.1. The van der Waals surface area contributed by atoms with Gasteiger partial charge in [-0.2, -0.15) is 0 Å². The minimum Gasteiger partial charge on any atom is -1.00 e. The first-order valence-corrected chi connectivity index (χ1v) is 8.79. The molecule has 1 aliphatic heterocycles. The van der Waals surface area contributed by atoms with Gasteiger partial charge in [-0.1, -0.05) is 24.3 Å². The number of nitrogens with zero attached hydrogens (tertiary/aromatic N) is 2. The van der Waals surface area contributed by atoms with E-state index in [1.807, 2.05) is 45.4 Å². The molecule has 0 aliphatic carbocycles. The molecule has 0 saturated carbocycles. The first-order valence-electron chi connectivity index (χ1n) is 8.79. The zero-order valence-electron chi connectivity index (χ0n) is 15.9. The molecule has 4 rings (SSSR count). The van der Waals surface area contributed by atoms with Crippen molar-refractivity contribution in [2.75, 3.05) is 26.0 Å². The molecular formula is C22H21IN2O3. The van der Waals surface area contributed by atoms with E-state index in [4.69, 9.17) is 0 Å². The number of anilines is 1. The molecule has 5 nitrogen and oxygen atoms in total. The number of phenols is 1. The lowest BCUT2D eigenvalue weighted by Gasteiger charge is -2.28. The summed E-state index contributed by atoms with van der Waals surface area (Å²) in [4.78, 5) is 27.5. The molecule has 0 atom stereocenters. The van der Waals surface area contributed by atoms with Crippen molar-refractivity contribution in [1.82, 2.24) is 0 Å². The van der Waals surface area contributed by atoms with Gasteiger partial charge < -0.3 is 33.6 Å². The second-order valence-electron chi connectivity index (χ2n) is 7.92. The van der Waals surface area contributed by atoms with Gasteiger partial charge in [-0.15, -0.1) is 0 Å². The average Bonchev–Trinajstić information content (AvgIpc) is 2.61. The molecule has 144 valence electrons. The first-order chi connectivity index (χ1) is 12.8. The summed E-state index contributed by atoms with van der Waals surface area (Å²) in [6.45, 7) is 0.571. The van der Waals surface area contributed by atoms with Crippen LogP contribution in [0.5, 0.6) is 5.75 Å². The van der Waals surface area contributed by atoms with Gasteiger partial charge in [0.05, 0.1) is 32.4 Å². The Kier molecular flexibility index (Phi) is 5.20. The van der Waals surface area contributed by atoms with Crippen LogP contribution in [-0.2, 0) is 6.54 Å². The van der Waals surface area contributed by atoms with Crippen LogP contribution in [-0.4, -0.2) is 42.5 Å². The molecule has 3 aromatic carbocycles. The van der Waals surface area contributed by atoms with Crippen LogP contribution in [0.4, 0.5) is 5.69 Å². The van der Waals surface area contributed by atoms with Crippen molar-refractivity contribution >= 4 is 28.3 Å². The monoisotopic (exact) mass is 488 g/mol. The summed E-state index contributed by atoms with van der Waals surface area (Å²) in [5.74, 6) is -0.524. The van der Waals surface area contributed by atoms with E-state index in [1.54, 1.807) is 30.3 Å². The van der Waals surface area contributed by atoms with E-state index in [0.717, 1.165) is 5.39 Å². The SMILES string of the molecule is C[N+](C)(C)Cc1cc(N2C(=O)c3cccc4cccc(c34)C2=O)ccc1O.[I-]. The topological polar surface area (TPSA) is 57.6 Å². The molecule has 2 amide bonds. The number of halogens is 1. The molecule has 0 radical (unpaired) electrons. The largest absolute Gasteiger partial charge is 1.00 e. The zero-order chi connectivity index (χ0) is 19.3. The van der Waals surface area contributed by atoms with E-state index < -0.39 is 0 Å². The van der Waals surface area contributed by atoms with Gasteiger partial charge in [0.15, 0.2) is 0 Å². The highest BCUT2D eigenvalue weighted by Crippen LogP contribution is 2.34. The predicted molar refractivity (Wildman–Crippen MR) is 105 cm³/mol. The molecule has 3 aromatic rings. The van der Waals surface area contributed by atoms with Crippen LogP contribution >= 0.6 is 0 Å². The van der Waals surface area contributed by atoms with Crippen LogP contribution < -0.4 is 28.9 Å².